The number of carboxylic acid groups (broad SMARTS) is 1. The van der Waals surface area contributed by atoms with Crippen LogP contribution in [0.2, 0.25) is 0 Å². The number of nitrogens with one attached hydrogen (secondary N) is 1. The number of carbonyl (C=O) groups is 1. The molecule has 0 radical (unpaired) electrons. The van der Waals surface area contributed by atoms with Gasteiger partial charge in [-0.3, -0.25) is 4.79 Å². The molecule has 0 aromatic heterocycles. The van der Waals surface area contributed by atoms with Crippen molar-refractivity contribution in [2.24, 2.45) is 11.8 Å². The molecule has 86 valence electrons. The summed E-state index contributed by atoms with van der Waals surface area (Å²) in [5.41, 5.74) is 0. The highest BCUT2D eigenvalue weighted by Gasteiger charge is 2.29. The maximum Gasteiger partial charge on any atom is 0.306 e. The molecule has 3 heteroatoms. The molecule has 0 spiro atoms. The highest BCUT2D eigenvalue weighted by molar-refractivity contribution is 5.70. The quantitative estimate of drug-likeness (QED) is 0.540. The lowest BCUT2D eigenvalue weighted by molar-refractivity contribution is -0.144. The van der Waals surface area contributed by atoms with Gasteiger partial charge >= 0.3 is 5.97 Å². The number of hydrogen-bond donors (Lipinski definition) is 2. The summed E-state index contributed by atoms with van der Waals surface area (Å²) in [6.45, 7) is 3.67. The van der Waals surface area contributed by atoms with Crippen molar-refractivity contribution in [3.63, 3.8) is 0 Å². The lowest BCUT2D eigenvalue weighted by Gasteiger charge is -2.28. The molecule has 1 saturated carbocycles. The molecular formula is C12H21NO2. The summed E-state index contributed by atoms with van der Waals surface area (Å²) < 4.78 is 0. The molecule has 0 amide bonds. The number of aliphatic carboxylic acids is 1. The number of rotatable bonds is 5. The minimum Gasteiger partial charge on any atom is -0.481 e. The summed E-state index contributed by atoms with van der Waals surface area (Å²) in [6, 6.07) is 0. The average molecular weight is 211 g/mol. The third kappa shape index (κ3) is 4.04. The predicted octanol–water partition coefficient (Wildman–Crippen LogP) is 2.04. The summed E-state index contributed by atoms with van der Waals surface area (Å²) in [5, 5.41) is 12.4. The van der Waals surface area contributed by atoms with Crippen LogP contribution in [0.3, 0.4) is 0 Å². The van der Waals surface area contributed by atoms with Crippen molar-refractivity contribution in [1.82, 2.24) is 5.32 Å². The predicted molar refractivity (Wildman–Crippen MR) is 60.8 cm³/mol. The van der Waals surface area contributed by atoms with Gasteiger partial charge in [0, 0.05) is 6.54 Å². The minimum atomic E-state index is -0.618. The Balaban J connectivity index is 2.32. The van der Waals surface area contributed by atoms with Crippen LogP contribution >= 0.6 is 0 Å². The first-order chi connectivity index (χ1) is 7.25. The molecule has 2 unspecified atom stereocenters. The van der Waals surface area contributed by atoms with Crippen molar-refractivity contribution >= 4 is 5.97 Å². The molecule has 1 aliphatic carbocycles. The lowest BCUT2D eigenvalue weighted by atomic mass is 9.79. The second-order valence-corrected chi connectivity index (χ2v) is 4.22. The number of allylic oxidation sites excluding steroid dienone is 1. The van der Waals surface area contributed by atoms with Crippen LogP contribution in [0.5, 0.6) is 0 Å². The highest BCUT2D eigenvalue weighted by Crippen LogP contribution is 2.29. The third-order valence-electron chi connectivity index (χ3n) is 3.13. The Labute approximate surface area is 91.6 Å². The van der Waals surface area contributed by atoms with Gasteiger partial charge < -0.3 is 10.4 Å². The summed E-state index contributed by atoms with van der Waals surface area (Å²) in [5.74, 6) is -0.425. The fourth-order valence-corrected chi connectivity index (χ4v) is 2.25. The van der Waals surface area contributed by atoms with Gasteiger partial charge in [-0.1, -0.05) is 25.0 Å². The van der Waals surface area contributed by atoms with Gasteiger partial charge in [0.15, 0.2) is 0 Å². The van der Waals surface area contributed by atoms with Crippen LogP contribution in [0.15, 0.2) is 12.2 Å². The van der Waals surface area contributed by atoms with Crippen molar-refractivity contribution in [2.75, 3.05) is 13.1 Å². The third-order valence-corrected chi connectivity index (χ3v) is 3.13. The maximum absolute atomic E-state index is 11.0. The Hall–Kier alpha value is -0.830. The largest absolute Gasteiger partial charge is 0.481 e. The average Bonchev–Trinajstić information content (AvgIpc) is 2.25. The topological polar surface area (TPSA) is 49.3 Å². The van der Waals surface area contributed by atoms with Crippen LogP contribution in [0, 0.1) is 11.8 Å². The minimum absolute atomic E-state index is 0.128. The zero-order valence-corrected chi connectivity index (χ0v) is 9.41. The monoisotopic (exact) mass is 211 g/mol. The fourth-order valence-electron chi connectivity index (χ4n) is 2.25. The van der Waals surface area contributed by atoms with E-state index >= 15 is 0 Å². The maximum atomic E-state index is 11.0. The van der Waals surface area contributed by atoms with E-state index in [9.17, 15) is 4.79 Å². The van der Waals surface area contributed by atoms with Crippen molar-refractivity contribution in [3.05, 3.63) is 12.2 Å². The Kier molecular flexibility index (Phi) is 5.40. The van der Waals surface area contributed by atoms with E-state index in [1.807, 2.05) is 13.0 Å². The van der Waals surface area contributed by atoms with Gasteiger partial charge in [-0.15, -0.1) is 0 Å². The van der Waals surface area contributed by atoms with Gasteiger partial charge in [-0.25, -0.2) is 0 Å². The molecule has 0 heterocycles. The molecule has 1 fully saturated rings. The molecule has 0 aliphatic heterocycles. The Morgan fingerprint density at radius 3 is 2.87 bits per heavy atom. The van der Waals surface area contributed by atoms with E-state index in [2.05, 4.69) is 11.4 Å². The summed E-state index contributed by atoms with van der Waals surface area (Å²) in [6.07, 6.45) is 8.22. The molecule has 0 bridgehead atoms. The molecule has 1 aliphatic rings. The van der Waals surface area contributed by atoms with Crippen molar-refractivity contribution in [1.29, 1.82) is 0 Å². The van der Waals surface area contributed by atoms with Crippen LogP contribution in [0.4, 0.5) is 0 Å². The second kappa shape index (κ2) is 6.62. The summed E-state index contributed by atoms with van der Waals surface area (Å²) in [4.78, 5) is 11.0. The van der Waals surface area contributed by atoms with Gasteiger partial charge in [-0.05, 0) is 32.2 Å². The van der Waals surface area contributed by atoms with Gasteiger partial charge in [0.1, 0.15) is 0 Å². The standard InChI is InChI=1S/C12H21NO2/c1-2-3-8-13-9-10-6-4-5-7-11(10)12(14)15/h2-3,10-11,13H,4-9H2,1H3,(H,14,15). The van der Waals surface area contributed by atoms with E-state index in [0.717, 1.165) is 32.4 Å². The first-order valence-electron chi connectivity index (χ1n) is 5.80. The molecule has 0 saturated heterocycles. The SMILES string of the molecule is CC=CCNCC1CCCCC1C(=O)O. The van der Waals surface area contributed by atoms with E-state index in [-0.39, 0.29) is 5.92 Å². The van der Waals surface area contributed by atoms with Crippen LogP contribution in [-0.4, -0.2) is 24.2 Å². The Morgan fingerprint density at radius 1 is 1.47 bits per heavy atom. The van der Waals surface area contributed by atoms with E-state index < -0.39 is 5.97 Å². The summed E-state index contributed by atoms with van der Waals surface area (Å²) in [7, 11) is 0. The number of hydrogen-bond acceptors (Lipinski definition) is 2. The highest BCUT2D eigenvalue weighted by atomic mass is 16.4. The zero-order valence-electron chi connectivity index (χ0n) is 9.41. The van der Waals surface area contributed by atoms with Gasteiger partial charge in [-0.2, -0.15) is 0 Å². The molecule has 15 heavy (non-hydrogen) atoms. The molecule has 0 aromatic carbocycles. The van der Waals surface area contributed by atoms with E-state index in [0.29, 0.717) is 5.92 Å². The number of carboxylic acids is 1. The van der Waals surface area contributed by atoms with E-state index in [1.54, 1.807) is 0 Å². The van der Waals surface area contributed by atoms with E-state index in [1.165, 1.54) is 6.42 Å². The van der Waals surface area contributed by atoms with Crippen molar-refractivity contribution < 1.29 is 9.90 Å². The van der Waals surface area contributed by atoms with Crippen LogP contribution in [-0.2, 0) is 4.79 Å². The Morgan fingerprint density at radius 2 is 2.20 bits per heavy atom. The smallest absolute Gasteiger partial charge is 0.306 e. The fraction of sp³-hybridized carbons (Fsp3) is 0.750. The normalized spacial score (nSPS) is 27.0. The molecule has 0 aromatic rings. The first-order valence-corrected chi connectivity index (χ1v) is 5.80. The molecule has 2 N–H and O–H groups in total. The molecular weight excluding hydrogens is 190 g/mol. The zero-order chi connectivity index (χ0) is 11.1. The molecule has 2 atom stereocenters. The van der Waals surface area contributed by atoms with Gasteiger partial charge in [0.2, 0.25) is 0 Å². The van der Waals surface area contributed by atoms with Crippen molar-refractivity contribution in [3.8, 4) is 0 Å². The summed E-state index contributed by atoms with van der Waals surface area (Å²) >= 11 is 0. The van der Waals surface area contributed by atoms with Crippen LogP contribution < -0.4 is 5.32 Å². The van der Waals surface area contributed by atoms with Gasteiger partial charge in [0.05, 0.1) is 5.92 Å². The van der Waals surface area contributed by atoms with E-state index in [4.69, 9.17) is 5.11 Å². The molecule has 1 rings (SSSR count). The van der Waals surface area contributed by atoms with Crippen LogP contribution in [0.25, 0.3) is 0 Å². The van der Waals surface area contributed by atoms with Crippen molar-refractivity contribution in [2.45, 2.75) is 32.6 Å². The Bertz CT molecular complexity index is 226. The second-order valence-electron chi connectivity index (χ2n) is 4.22. The first kappa shape index (κ1) is 12.2. The van der Waals surface area contributed by atoms with Crippen LogP contribution in [0.1, 0.15) is 32.6 Å². The molecule has 3 nitrogen and oxygen atoms in total. The lowest BCUT2D eigenvalue weighted by Crippen LogP contribution is -2.34. The van der Waals surface area contributed by atoms with Gasteiger partial charge in [0.25, 0.3) is 0 Å².